The Morgan fingerprint density at radius 2 is 1.80 bits per heavy atom. The third-order valence-electron chi connectivity index (χ3n) is 4.13. The van der Waals surface area contributed by atoms with Gasteiger partial charge in [-0.15, -0.1) is 0 Å². The van der Waals surface area contributed by atoms with E-state index < -0.39 is 0 Å². The van der Waals surface area contributed by atoms with Crippen LogP contribution in [0.3, 0.4) is 0 Å². The number of rotatable bonds is 5. The Kier molecular flexibility index (Phi) is 4.89. The lowest BCUT2D eigenvalue weighted by Crippen LogP contribution is -2.25. The van der Waals surface area contributed by atoms with Crippen molar-refractivity contribution in [2.75, 3.05) is 45.0 Å². The average molecular weight is 344 g/mol. The van der Waals surface area contributed by atoms with Crippen LogP contribution in [0.1, 0.15) is 24.4 Å². The van der Waals surface area contributed by atoms with E-state index in [4.69, 9.17) is 15.2 Å². The van der Waals surface area contributed by atoms with Crippen LogP contribution >= 0.6 is 0 Å². The van der Waals surface area contributed by atoms with Gasteiger partial charge >= 0.3 is 0 Å². The van der Waals surface area contributed by atoms with Crippen molar-refractivity contribution in [1.29, 1.82) is 0 Å². The Morgan fingerprint density at radius 3 is 2.52 bits per heavy atom. The molecule has 1 aliphatic rings. The van der Waals surface area contributed by atoms with E-state index in [1.54, 1.807) is 0 Å². The first-order valence-electron chi connectivity index (χ1n) is 8.21. The maximum atomic E-state index is 5.83. The second-order valence-corrected chi connectivity index (χ2v) is 6.32. The summed E-state index contributed by atoms with van der Waals surface area (Å²) in [5.41, 5.74) is 6.96. The van der Waals surface area contributed by atoms with Crippen molar-refractivity contribution in [2.24, 2.45) is 0 Å². The zero-order valence-corrected chi connectivity index (χ0v) is 15.1. The van der Waals surface area contributed by atoms with Crippen LogP contribution in [0.15, 0.2) is 18.2 Å². The fraction of sp³-hybridized carbons (Fsp3) is 0.471. The summed E-state index contributed by atoms with van der Waals surface area (Å²) < 4.78 is 11.2. The van der Waals surface area contributed by atoms with E-state index in [0.717, 1.165) is 23.6 Å². The number of benzene rings is 1. The lowest BCUT2D eigenvalue weighted by Gasteiger charge is -2.25. The van der Waals surface area contributed by atoms with Gasteiger partial charge in [0.15, 0.2) is 17.3 Å². The highest BCUT2D eigenvalue weighted by molar-refractivity contribution is 5.43. The van der Waals surface area contributed by atoms with Crippen LogP contribution in [0.4, 0.5) is 11.9 Å². The highest BCUT2D eigenvalue weighted by atomic mass is 16.6. The van der Waals surface area contributed by atoms with Crippen molar-refractivity contribution in [2.45, 2.75) is 19.5 Å². The molecule has 0 saturated carbocycles. The molecule has 2 N–H and O–H groups in total. The summed E-state index contributed by atoms with van der Waals surface area (Å²) in [6, 6.07) is 6.00. The van der Waals surface area contributed by atoms with Gasteiger partial charge in [0.2, 0.25) is 11.9 Å². The van der Waals surface area contributed by atoms with Gasteiger partial charge in [0.1, 0.15) is 13.2 Å². The Morgan fingerprint density at radius 1 is 1.08 bits per heavy atom. The van der Waals surface area contributed by atoms with Gasteiger partial charge < -0.3 is 20.1 Å². The number of anilines is 2. The summed E-state index contributed by atoms with van der Waals surface area (Å²) in [4.78, 5) is 16.9. The van der Waals surface area contributed by atoms with E-state index >= 15 is 0 Å². The molecule has 0 bridgehead atoms. The molecule has 1 aromatic heterocycles. The van der Waals surface area contributed by atoms with E-state index in [9.17, 15) is 0 Å². The van der Waals surface area contributed by atoms with Crippen LogP contribution in [0.5, 0.6) is 11.5 Å². The van der Waals surface area contributed by atoms with Gasteiger partial charge in [0.05, 0.1) is 6.04 Å². The first-order chi connectivity index (χ1) is 11.9. The van der Waals surface area contributed by atoms with Crippen LogP contribution in [-0.2, 0) is 6.54 Å². The zero-order chi connectivity index (χ0) is 18.0. The maximum absolute atomic E-state index is 5.83. The summed E-state index contributed by atoms with van der Waals surface area (Å²) in [7, 11) is 5.78. The molecule has 0 fully saturated rings. The Hall–Kier alpha value is -2.61. The first kappa shape index (κ1) is 17.2. The molecule has 8 heteroatoms. The number of nitrogens with zero attached hydrogens (tertiary/aromatic N) is 5. The van der Waals surface area contributed by atoms with Gasteiger partial charge in [-0.25, -0.2) is 0 Å². The van der Waals surface area contributed by atoms with E-state index in [1.165, 1.54) is 0 Å². The molecule has 1 aromatic carbocycles. The summed E-state index contributed by atoms with van der Waals surface area (Å²) in [6.45, 7) is 3.95. The van der Waals surface area contributed by atoms with E-state index in [-0.39, 0.29) is 12.0 Å². The molecule has 0 spiro atoms. The average Bonchev–Trinajstić information content (AvgIpc) is 2.60. The number of ether oxygens (including phenoxy) is 2. The third kappa shape index (κ3) is 3.90. The molecule has 1 aliphatic heterocycles. The number of nitrogen functional groups attached to an aromatic ring is 1. The van der Waals surface area contributed by atoms with Crippen LogP contribution in [-0.4, -0.2) is 54.2 Å². The molecular formula is C17H24N6O2. The van der Waals surface area contributed by atoms with Gasteiger partial charge in [0, 0.05) is 20.6 Å². The van der Waals surface area contributed by atoms with Crippen molar-refractivity contribution in [3.8, 4) is 11.5 Å². The second-order valence-electron chi connectivity index (χ2n) is 6.32. The minimum atomic E-state index is -0.0165. The predicted octanol–water partition coefficient (Wildman–Crippen LogP) is 1.48. The van der Waals surface area contributed by atoms with Gasteiger partial charge in [-0.2, -0.15) is 15.0 Å². The van der Waals surface area contributed by atoms with Crippen molar-refractivity contribution in [1.82, 2.24) is 19.9 Å². The predicted molar refractivity (Wildman–Crippen MR) is 95.9 cm³/mol. The van der Waals surface area contributed by atoms with Gasteiger partial charge in [0.25, 0.3) is 0 Å². The number of hydrogen-bond donors (Lipinski definition) is 1. The van der Waals surface area contributed by atoms with E-state index in [2.05, 4.69) is 19.9 Å². The molecule has 0 saturated heterocycles. The molecule has 25 heavy (non-hydrogen) atoms. The topological polar surface area (TPSA) is 89.6 Å². The lowest BCUT2D eigenvalue weighted by atomic mass is 10.1. The molecule has 0 amide bonds. The molecule has 1 atom stereocenters. The highest BCUT2D eigenvalue weighted by Crippen LogP contribution is 2.31. The molecule has 1 unspecified atom stereocenters. The fourth-order valence-corrected chi connectivity index (χ4v) is 2.59. The molecule has 8 nitrogen and oxygen atoms in total. The monoisotopic (exact) mass is 344 g/mol. The number of aromatic nitrogens is 3. The van der Waals surface area contributed by atoms with Crippen LogP contribution in [0.2, 0.25) is 0 Å². The molecule has 134 valence electrons. The van der Waals surface area contributed by atoms with Crippen molar-refractivity contribution in [3.05, 3.63) is 29.6 Å². The molecule has 2 heterocycles. The molecule has 3 rings (SSSR count). The van der Waals surface area contributed by atoms with Crippen LogP contribution in [0.25, 0.3) is 0 Å². The lowest BCUT2D eigenvalue weighted by molar-refractivity contribution is 0.171. The van der Waals surface area contributed by atoms with Crippen molar-refractivity contribution < 1.29 is 9.47 Å². The van der Waals surface area contributed by atoms with Crippen LogP contribution in [0, 0.1) is 0 Å². The van der Waals surface area contributed by atoms with Crippen molar-refractivity contribution in [3.63, 3.8) is 0 Å². The quantitative estimate of drug-likeness (QED) is 0.872. The molecule has 0 aliphatic carbocycles. The summed E-state index contributed by atoms with van der Waals surface area (Å²) in [5.74, 6) is 3.03. The SMILES string of the molecule is CC(c1nc(N)nc(N(C)C)n1)N(C)Cc1ccc2c(c1)OCCO2. The summed E-state index contributed by atoms with van der Waals surface area (Å²) in [6.07, 6.45) is 0. The smallest absolute Gasteiger partial charge is 0.229 e. The Labute approximate surface area is 147 Å². The number of nitrogens with two attached hydrogens (primary N) is 1. The molecule has 0 radical (unpaired) electrons. The van der Waals surface area contributed by atoms with E-state index in [1.807, 2.05) is 51.2 Å². The number of hydrogen-bond acceptors (Lipinski definition) is 8. The fourth-order valence-electron chi connectivity index (χ4n) is 2.59. The third-order valence-corrected chi connectivity index (χ3v) is 4.13. The molecular weight excluding hydrogens is 320 g/mol. The zero-order valence-electron chi connectivity index (χ0n) is 15.1. The second kappa shape index (κ2) is 7.10. The summed E-state index contributed by atoms with van der Waals surface area (Å²) >= 11 is 0. The normalized spacial score (nSPS) is 14.4. The first-order valence-corrected chi connectivity index (χ1v) is 8.21. The van der Waals surface area contributed by atoms with E-state index in [0.29, 0.717) is 25.0 Å². The van der Waals surface area contributed by atoms with Crippen molar-refractivity contribution >= 4 is 11.9 Å². The van der Waals surface area contributed by atoms with Crippen LogP contribution < -0.4 is 20.1 Å². The minimum absolute atomic E-state index is 0.0165. The van der Waals surface area contributed by atoms with Gasteiger partial charge in [-0.1, -0.05) is 6.07 Å². The Bertz CT molecular complexity index is 752. The molecule has 2 aromatic rings. The largest absolute Gasteiger partial charge is 0.486 e. The standard InChI is InChI=1S/C17H24N6O2/c1-11(15-19-16(18)21-17(20-15)22(2)3)23(4)10-12-5-6-13-14(9-12)25-8-7-24-13/h5-6,9,11H,7-8,10H2,1-4H3,(H2,18,19,20,21). The Balaban J connectivity index is 1.75. The van der Waals surface area contributed by atoms with Gasteiger partial charge in [-0.3, -0.25) is 4.90 Å². The van der Waals surface area contributed by atoms with Gasteiger partial charge in [-0.05, 0) is 31.7 Å². The number of fused-ring (bicyclic) bond motifs is 1. The summed E-state index contributed by atoms with van der Waals surface area (Å²) in [5, 5.41) is 0. The highest BCUT2D eigenvalue weighted by Gasteiger charge is 2.19. The minimum Gasteiger partial charge on any atom is -0.486 e. The maximum Gasteiger partial charge on any atom is 0.229 e.